The summed E-state index contributed by atoms with van der Waals surface area (Å²) in [6, 6.07) is 3.42. The fourth-order valence-corrected chi connectivity index (χ4v) is 1.65. The Morgan fingerprint density at radius 1 is 1.47 bits per heavy atom. The lowest BCUT2D eigenvalue weighted by Crippen LogP contribution is -2.17. The quantitative estimate of drug-likeness (QED) is 0.813. The molecule has 0 heterocycles. The van der Waals surface area contributed by atoms with Crippen LogP contribution in [0.1, 0.15) is 19.4 Å². The van der Waals surface area contributed by atoms with Gasteiger partial charge < -0.3 is 10.4 Å². The Kier molecular flexibility index (Phi) is 3.74. The summed E-state index contributed by atoms with van der Waals surface area (Å²) >= 11 is 3.22. The van der Waals surface area contributed by atoms with E-state index in [1.54, 1.807) is 19.1 Å². The molecule has 1 aromatic rings. The number of carbonyl (C=O) groups is 1. The van der Waals surface area contributed by atoms with Crippen LogP contribution in [0.2, 0.25) is 0 Å². The van der Waals surface area contributed by atoms with E-state index in [0.29, 0.717) is 10.2 Å². The highest BCUT2D eigenvalue weighted by Gasteiger charge is 2.09. The van der Waals surface area contributed by atoms with Crippen molar-refractivity contribution in [2.75, 3.05) is 5.32 Å². The summed E-state index contributed by atoms with van der Waals surface area (Å²) in [6.45, 7) is 5.44. The number of benzene rings is 1. The lowest BCUT2D eigenvalue weighted by molar-refractivity contribution is -0.118. The SMILES string of the molecule is Cc1cc(NC(=O)C(C)C)cc(Br)c1O. The number of hydrogen-bond donors (Lipinski definition) is 2. The van der Waals surface area contributed by atoms with E-state index in [-0.39, 0.29) is 17.6 Å². The van der Waals surface area contributed by atoms with E-state index in [4.69, 9.17) is 0 Å². The molecule has 0 aromatic heterocycles. The third-order valence-electron chi connectivity index (χ3n) is 2.05. The van der Waals surface area contributed by atoms with Crippen LogP contribution in [-0.4, -0.2) is 11.0 Å². The van der Waals surface area contributed by atoms with Crippen molar-refractivity contribution < 1.29 is 9.90 Å². The number of halogens is 1. The van der Waals surface area contributed by atoms with E-state index >= 15 is 0 Å². The summed E-state index contributed by atoms with van der Waals surface area (Å²) in [5, 5.41) is 12.3. The second kappa shape index (κ2) is 4.66. The molecule has 0 fully saturated rings. The maximum absolute atomic E-state index is 11.4. The molecule has 4 heteroatoms. The van der Waals surface area contributed by atoms with E-state index in [9.17, 15) is 9.90 Å². The van der Waals surface area contributed by atoms with E-state index in [1.165, 1.54) is 0 Å². The number of rotatable bonds is 2. The number of phenolic OH excluding ortho intramolecular Hbond substituents is 1. The first kappa shape index (κ1) is 12.0. The first-order valence-electron chi connectivity index (χ1n) is 4.71. The molecule has 0 aliphatic carbocycles. The summed E-state index contributed by atoms with van der Waals surface area (Å²) in [4.78, 5) is 11.4. The highest BCUT2D eigenvalue weighted by atomic mass is 79.9. The Bertz CT molecular complexity index is 365. The van der Waals surface area contributed by atoms with Crippen LogP contribution in [0.4, 0.5) is 5.69 Å². The van der Waals surface area contributed by atoms with Gasteiger partial charge in [-0.05, 0) is 40.5 Å². The van der Waals surface area contributed by atoms with Gasteiger partial charge in [-0.3, -0.25) is 4.79 Å². The summed E-state index contributed by atoms with van der Waals surface area (Å²) in [7, 11) is 0. The molecule has 0 aliphatic heterocycles. The number of carbonyl (C=O) groups excluding carboxylic acids is 1. The maximum atomic E-state index is 11.4. The van der Waals surface area contributed by atoms with Crippen molar-refractivity contribution in [1.82, 2.24) is 0 Å². The zero-order chi connectivity index (χ0) is 11.6. The fourth-order valence-electron chi connectivity index (χ4n) is 1.10. The Balaban J connectivity index is 2.93. The smallest absolute Gasteiger partial charge is 0.226 e. The van der Waals surface area contributed by atoms with Gasteiger partial charge in [0.05, 0.1) is 4.47 Å². The third-order valence-corrected chi connectivity index (χ3v) is 2.65. The molecule has 0 saturated heterocycles. The molecule has 3 nitrogen and oxygen atoms in total. The van der Waals surface area contributed by atoms with Crippen LogP contribution >= 0.6 is 15.9 Å². The highest BCUT2D eigenvalue weighted by molar-refractivity contribution is 9.10. The number of hydrogen-bond acceptors (Lipinski definition) is 2. The average molecular weight is 272 g/mol. The Labute approximate surface area is 97.6 Å². The topological polar surface area (TPSA) is 49.3 Å². The van der Waals surface area contributed by atoms with Gasteiger partial charge >= 0.3 is 0 Å². The molecule has 0 saturated carbocycles. The Hall–Kier alpha value is -1.03. The van der Waals surface area contributed by atoms with Crippen LogP contribution < -0.4 is 5.32 Å². The molecular weight excluding hydrogens is 258 g/mol. The second-order valence-corrected chi connectivity index (χ2v) is 4.62. The van der Waals surface area contributed by atoms with Crippen LogP contribution in [-0.2, 0) is 4.79 Å². The first-order chi connectivity index (χ1) is 6.91. The van der Waals surface area contributed by atoms with Gasteiger partial charge in [0.2, 0.25) is 5.91 Å². The van der Waals surface area contributed by atoms with Gasteiger partial charge in [-0.15, -0.1) is 0 Å². The van der Waals surface area contributed by atoms with Crippen LogP contribution in [0.5, 0.6) is 5.75 Å². The molecule has 2 N–H and O–H groups in total. The number of aryl methyl sites for hydroxylation is 1. The zero-order valence-corrected chi connectivity index (χ0v) is 10.6. The average Bonchev–Trinajstić information content (AvgIpc) is 2.13. The van der Waals surface area contributed by atoms with Crippen LogP contribution in [0.25, 0.3) is 0 Å². The van der Waals surface area contributed by atoms with Gasteiger partial charge in [-0.2, -0.15) is 0 Å². The minimum atomic E-state index is -0.0575. The predicted molar refractivity (Wildman–Crippen MR) is 64.0 cm³/mol. The molecule has 15 heavy (non-hydrogen) atoms. The molecule has 0 spiro atoms. The van der Waals surface area contributed by atoms with Gasteiger partial charge in [-0.25, -0.2) is 0 Å². The van der Waals surface area contributed by atoms with Gasteiger partial charge in [0.15, 0.2) is 0 Å². The molecule has 0 bridgehead atoms. The summed E-state index contributed by atoms with van der Waals surface area (Å²) in [6.07, 6.45) is 0. The normalized spacial score (nSPS) is 10.5. The third kappa shape index (κ3) is 2.96. The van der Waals surface area contributed by atoms with E-state index in [0.717, 1.165) is 5.56 Å². The molecule has 0 aliphatic rings. The van der Waals surface area contributed by atoms with E-state index in [2.05, 4.69) is 21.2 Å². The summed E-state index contributed by atoms with van der Waals surface area (Å²) < 4.78 is 0.585. The molecule has 0 radical (unpaired) electrons. The molecule has 0 unspecified atom stereocenters. The van der Waals surface area contributed by atoms with Gasteiger partial charge in [0, 0.05) is 11.6 Å². The van der Waals surface area contributed by atoms with Crippen molar-refractivity contribution >= 4 is 27.5 Å². The molecule has 0 atom stereocenters. The molecule has 82 valence electrons. The summed E-state index contributed by atoms with van der Waals surface area (Å²) in [5.41, 5.74) is 1.42. The predicted octanol–water partition coefficient (Wildman–Crippen LogP) is 3.06. The Morgan fingerprint density at radius 3 is 2.53 bits per heavy atom. The van der Waals surface area contributed by atoms with Crippen LogP contribution in [0.3, 0.4) is 0 Å². The lowest BCUT2D eigenvalue weighted by atomic mass is 10.1. The monoisotopic (exact) mass is 271 g/mol. The van der Waals surface area contributed by atoms with Crippen molar-refractivity contribution in [3.05, 3.63) is 22.2 Å². The number of nitrogens with one attached hydrogen (secondary N) is 1. The number of anilines is 1. The first-order valence-corrected chi connectivity index (χ1v) is 5.51. The fraction of sp³-hybridized carbons (Fsp3) is 0.364. The summed E-state index contributed by atoms with van der Waals surface area (Å²) in [5.74, 6) is 0.113. The number of aromatic hydroxyl groups is 1. The van der Waals surface area contributed by atoms with E-state index in [1.807, 2.05) is 13.8 Å². The van der Waals surface area contributed by atoms with Crippen molar-refractivity contribution in [2.45, 2.75) is 20.8 Å². The zero-order valence-electron chi connectivity index (χ0n) is 8.97. The second-order valence-electron chi connectivity index (χ2n) is 3.77. The van der Waals surface area contributed by atoms with Crippen molar-refractivity contribution in [3.8, 4) is 5.75 Å². The lowest BCUT2D eigenvalue weighted by Gasteiger charge is -2.10. The maximum Gasteiger partial charge on any atom is 0.226 e. The highest BCUT2D eigenvalue weighted by Crippen LogP contribution is 2.30. The van der Waals surface area contributed by atoms with Crippen molar-refractivity contribution in [1.29, 1.82) is 0 Å². The Morgan fingerprint density at radius 2 is 2.07 bits per heavy atom. The van der Waals surface area contributed by atoms with E-state index < -0.39 is 0 Å². The van der Waals surface area contributed by atoms with Gasteiger partial charge in [0.1, 0.15) is 5.75 Å². The minimum absolute atomic E-state index is 0.0352. The largest absolute Gasteiger partial charge is 0.506 e. The minimum Gasteiger partial charge on any atom is -0.506 e. The molecule has 1 aromatic carbocycles. The van der Waals surface area contributed by atoms with Crippen LogP contribution in [0.15, 0.2) is 16.6 Å². The van der Waals surface area contributed by atoms with Gasteiger partial charge in [-0.1, -0.05) is 13.8 Å². The number of amides is 1. The van der Waals surface area contributed by atoms with Crippen molar-refractivity contribution in [2.24, 2.45) is 5.92 Å². The number of phenols is 1. The molecule has 1 rings (SSSR count). The molecular formula is C11H14BrNO2. The van der Waals surface area contributed by atoms with Crippen LogP contribution in [0, 0.1) is 12.8 Å². The van der Waals surface area contributed by atoms with Crippen molar-refractivity contribution in [3.63, 3.8) is 0 Å². The molecule has 1 amide bonds. The standard InChI is InChI=1S/C11H14BrNO2/c1-6(2)11(15)13-8-4-7(3)10(14)9(12)5-8/h4-6,14H,1-3H3,(H,13,15). The van der Waals surface area contributed by atoms with Gasteiger partial charge in [0.25, 0.3) is 0 Å².